The van der Waals surface area contributed by atoms with Crippen LogP contribution in [0.25, 0.3) is 0 Å². The first-order valence-corrected chi connectivity index (χ1v) is 5.95. The first kappa shape index (κ1) is 11.9. The SMILES string of the molecule is CCc1cc(C(N)c2cn(CC)cn2)n(C)n1. The highest BCUT2D eigenvalue weighted by atomic mass is 15.3. The summed E-state index contributed by atoms with van der Waals surface area (Å²) in [5, 5.41) is 4.40. The molecule has 2 rings (SSSR count). The molecule has 5 heteroatoms. The molecule has 0 spiro atoms. The molecule has 0 aliphatic carbocycles. The van der Waals surface area contributed by atoms with Crippen molar-refractivity contribution in [3.8, 4) is 0 Å². The minimum Gasteiger partial charge on any atom is -0.337 e. The van der Waals surface area contributed by atoms with E-state index >= 15 is 0 Å². The number of aromatic nitrogens is 4. The van der Waals surface area contributed by atoms with Crippen molar-refractivity contribution < 1.29 is 0 Å². The Labute approximate surface area is 101 Å². The molecule has 0 aromatic carbocycles. The quantitative estimate of drug-likeness (QED) is 0.864. The predicted octanol–water partition coefficient (Wildman–Crippen LogP) is 1.25. The van der Waals surface area contributed by atoms with E-state index in [1.807, 2.05) is 28.8 Å². The van der Waals surface area contributed by atoms with Crippen molar-refractivity contribution in [1.82, 2.24) is 19.3 Å². The van der Waals surface area contributed by atoms with Gasteiger partial charge in [0.15, 0.2) is 0 Å². The maximum atomic E-state index is 6.22. The van der Waals surface area contributed by atoms with Crippen molar-refractivity contribution >= 4 is 0 Å². The van der Waals surface area contributed by atoms with E-state index < -0.39 is 0 Å². The third-order valence-corrected chi connectivity index (χ3v) is 2.98. The van der Waals surface area contributed by atoms with Crippen LogP contribution in [0.15, 0.2) is 18.6 Å². The summed E-state index contributed by atoms with van der Waals surface area (Å²) in [7, 11) is 1.92. The van der Waals surface area contributed by atoms with Crippen molar-refractivity contribution in [2.75, 3.05) is 0 Å². The maximum Gasteiger partial charge on any atom is 0.0950 e. The van der Waals surface area contributed by atoms with Gasteiger partial charge in [0.25, 0.3) is 0 Å². The zero-order valence-electron chi connectivity index (χ0n) is 10.6. The van der Waals surface area contributed by atoms with E-state index in [2.05, 4.69) is 30.0 Å². The largest absolute Gasteiger partial charge is 0.337 e. The Balaban J connectivity index is 2.29. The second-order valence-corrected chi connectivity index (χ2v) is 4.14. The van der Waals surface area contributed by atoms with Crippen LogP contribution in [-0.4, -0.2) is 19.3 Å². The maximum absolute atomic E-state index is 6.22. The summed E-state index contributed by atoms with van der Waals surface area (Å²) >= 11 is 0. The molecule has 0 amide bonds. The lowest BCUT2D eigenvalue weighted by atomic mass is 10.1. The van der Waals surface area contributed by atoms with Gasteiger partial charge in [0.1, 0.15) is 0 Å². The third-order valence-electron chi connectivity index (χ3n) is 2.98. The molecule has 0 bridgehead atoms. The fourth-order valence-corrected chi connectivity index (χ4v) is 1.87. The van der Waals surface area contributed by atoms with E-state index in [-0.39, 0.29) is 6.04 Å². The predicted molar refractivity (Wildman–Crippen MR) is 66.5 cm³/mol. The highest BCUT2D eigenvalue weighted by Crippen LogP contribution is 2.18. The number of hydrogen-bond donors (Lipinski definition) is 1. The van der Waals surface area contributed by atoms with Gasteiger partial charge in [-0.3, -0.25) is 4.68 Å². The minimum atomic E-state index is -0.208. The molecule has 0 saturated carbocycles. The standard InChI is InChI=1S/C12H19N5/c1-4-9-6-11(16(3)15-9)12(13)10-7-17(5-2)8-14-10/h6-8,12H,4-5,13H2,1-3H3. The van der Waals surface area contributed by atoms with Crippen LogP contribution in [0.1, 0.15) is 37.0 Å². The fraction of sp³-hybridized carbons (Fsp3) is 0.500. The molecular formula is C12H19N5. The van der Waals surface area contributed by atoms with Gasteiger partial charge in [0.2, 0.25) is 0 Å². The normalized spacial score (nSPS) is 12.9. The van der Waals surface area contributed by atoms with Crippen LogP contribution >= 0.6 is 0 Å². The molecule has 2 heterocycles. The Morgan fingerprint density at radius 2 is 2.18 bits per heavy atom. The van der Waals surface area contributed by atoms with Crippen LogP contribution in [0.4, 0.5) is 0 Å². The summed E-state index contributed by atoms with van der Waals surface area (Å²) < 4.78 is 3.86. The van der Waals surface area contributed by atoms with Gasteiger partial charge in [0, 0.05) is 19.8 Å². The Bertz CT molecular complexity index is 497. The number of hydrogen-bond acceptors (Lipinski definition) is 3. The van der Waals surface area contributed by atoms with Crippen molar-refractivity contribution in [2.24, 2.45) is 12.8 Å². The Morgan fingerprint density at radius 3 is 2.71 bits per heavy atom. The Kier molecular flexibility index (Phi) is 3.28. The van der Waals surface area contributed by atoms with E-state index in [0.29, 0.717) is 0 Å². The van der Waals surface area contributed by atoms with Crippen LogP contribution in [0.5, 0.6) is 0 Å². The smallest absolute Gasteiger partial charge is 0.0950 e. The van der Waals surface area contributed by atoms with E-state index in [9.17, 15) is 0 Å². The van der Waals surface area contributed by atoms with Gasteiger partial charge >= 0.3 is 0 Å². The summed E-state index contributed by atoms with van der Waals surface area (Å²) in [6.07, 6.45) is 4.72. The average molecular weight is 233 g/mol. The first-order chi connectivity index (χ1) is 8.15. The van der Waals surface area contributed by atoms with E-state index in [1.165, 1.54) is 0 Å². The molecule has 0 aliphatic rings. The molecule has 1 unspecified atom stereocenters. The molecule has 5 nitrogen and oxygen atoms in total. The monoisotopic (exact) mass is 233 g/mol. The minimum absolute atomic E-state index is 0.208. The van der Waals surface area contributed by atoms with E-state index in [1.54, 1.807) is 0 Å². The molecule has 0 aliphatic heterocycles. The van der Waals surface area contributed by atoms with Crippen LogP contribution in [0.3, 0.4) is 0 Å². The number of nitrogens with two attached hydrogens (primary N) is 1. The summed E-state index contributed by atoms with van der Waals surface area (Å²) in [6, 6.07) is 1.84. The molecular weight excluding hydrogens is 214 g/mol. The third kappa shape index (κ3) is 2.24. The van der Waals surface area contributed by atoms with E-state index in [4.69, 9.17) is 5.73 Å². The average Bonchev–Trinajstić information content (AvgIpc) is 2.94. The van der Waals surface area contributed by atoms with Crippen molar-refractivity contribution in [3.05, 3.63) is 35.7 Å². The zero-order valence-corrected chi connectivity index (χ0v) is 10.6. The van der Waals surface area contributed by atoms with Crippen molar-refractivity contribution in [2.45, 2.75) is 32.9 Å². The van der Waals surface area contributed by atoms with Gasteiger partial charge in [-0.15, -0.1) is 0 Å². The molecule has 0 radical (unpaired) electrons. The molecule has 17 heavy (non-hydrogen) atoms. The lowest BCUT2D eigenvalue weighted by molar-refractivity contribution is 0.658. The Morgan fingerprint density at radius 1 is 1.41 bits per heavy atom. The Hall–Kier alpha value is -1.62. The lowest BCUT2D eigenvalue weighted by Crippen LogP contribution is -2.16. The molecule has 1 atom stereocenters. The van der Waals surface area contributed by atoms with Crippen LogP contribution in [0.2, 0.25) is 0 Å². The molecule has 92 valence electrons. The van der Waals surface area contributed by atoms with Gasteiger partial charge in [0.05, 0.1) is 29.5 Å². The topological polar surface area (TPSA) is 61.7 Å². The summed E-state index contributed by atoms with van der Waals surface area (Å²) in [4.78, 5) is 4.34. The van der Waals surface area contributed by atoms with Crippen LogP contribution in [-0.2, 0) is 20.0 Å². The van der Waals surface area contributed by atoms with Gasteiger partial charge in [-0.2, -0.15) is 5.10 Å². The number of nitrogens with zero attached hydrogens (tertiary/aromatic N) is 4. The number of rotatable bonds is 4. The molecule has 0 saturated heterocycles. The zero-order chi connectivity index (χ0) is 12.4. The van der Waals surface area contributed by atoms with Crippen LogP contribution in [0, 0.1) is 0 Å². The molecule has 2 aromatic rings. The molecule has 0 fully saturated rings. The summed E-state index contributed by atoms with van der Waals surface area (Å²) in [5.41, 5.74) is 9.17. The number of aryl methyl sites for hydroxylation is 3. The second-order valence-electron chi connectivity index (χ2n) is 4.14. The fourth-order valence-electron chi connectivity index (χ4n) is 1.87. The molecule has 2 N–H and O–H groups in total. The summed E-state index contributed by atoms with van der Waals surface area (Å²) in [5.74, 6) is 0. The number of imidazole rings is 1. The molecule has 2 aromatic heterocycles. The van der Waals surface area contributed by atoms with Gasteiger partial charge in [-0.25, -0.2) is 4.98 Å². The van der Waals surface area contributed by atoms with Gasteiger partial charge in [-0.1, -0.05) is 6.92 Å². The van der Waals surface area contributed by atoms with Crippen molar-refractivity contribution in [3.63, 3.8) is 0 Å². The second kappa shape index (κ2) is 4.71. The lowest BCUT2D eigenvalue weighted by Gasteiger charge is -2.08. The van der Waals surface area contributed by atoms with Gasteiger partial charge < -0.3 is 10.3 Å². The highest BCUT2D eigenvalue weighted by Gasteiger charge is 2.16. The first-order valence-electron chi connectivity index (χ1n) is 5.95. The van der Waals surface area contributed by atoms with Crippen molar-refractivity contribution in [1.29, 1.82) is 0 Å². The van der Waals surface area contributed by atoms with Gasteiger partial charge in [-0.05, 0) is 19.4 Å². The highest BCUT2D eigenvalue weighted by molar-refractivity contribution is 5.22. The van der Waals surface area contributed by atoms with Crippen LogP contribution < -0.4 is 5.73 Å². The summed E-state index contributed by atoms with van der Waals surface area (Å²) in [6.45, 7) is 5.07. The van der Waals surface area contributed by atoms with E-state index in [0.717, 1.165) is 30.0 Å².